The molecular weight excluding hydrogens is 318 g/mol. The molecule has 0 aliphatic heterocycles. The monoisotopic (exact) mass is 329 g/mol. The van der Waals surface area contributed by atoms with E-state index in [-0.39, 0.29) is 5.91 Å². The first-order valence-corrected chi connectivity index (χ1v) is 8.19. The van der Waals surface area contributed by atoms with Crippen LogP contribution in [0.3, 0.4) is 0 Å². The van der Waals surface area contributed by atoms with Crippen LogP contribution in [0.15, 0.2) is 53.3 Å². The van der Waals surface area contributed by atoms with Gasteiger partial charge in [0.15, 0.2) is 4.34 Å². The van der Waals surface area contributed by atoms with Gasteiger partial charge in [-0.1, -0.05) is 29.2 Å². The second-order valence-electron chi connectivity index (χ2n) is 4.18. The summed E-state index contributed by atoms with van der Waals surface area (Å²) in [5, 5.41) is 11.2. The van der Waals surface area contributed by atoms with Crippen molar-refractivity contribution in [3.63, 3.8) is 0 Å². The molecule has 0 saturated carbocycles. The summed E-state index contributed by atoms with van der Waals surface area (Å²) in [6.45, 7) is 0. The van der Waals surface area contributed by atoms with Gasteiger partial charge in [-0.25, -0.2) is 0 Å². The Hall–Kier alpha value is -2.32. The minimum atomic E-state index is -0.245. The predicted octanol–water partition coefficient (Wildman–Crippen LogP) is 2.87. The Morgan fingerprint density at radius 3 is 2.91 bits per heavy atom. The van der Waals surface area contributed by atoms with Crippen LogP contribution in [-0.2, 0) is 5.75 Å². The lowest BCUT2D eigenvalue weighted by atomic mass is 10.3. The summed E-state index contributed by atoms with van der Waals surface area (Å²) >= 11 is 2.87. The Labute approximate surface area is 135 Å². The highest BCUT2D eigenvalue weighted by molar-refractivity contribution is 8.00. The molecule has 0 atom stereocenters. The third-order valence-electron chi connectivity index (χ3n) is 2.62. The van der Waals surface area contributed by atoms with Crippen LogP contribution in [0.4, 0.5) is 5.13 Å². The molecule has 1 N–H and O–H groups in total. The number of hydrogen-bond acceptors (Lipinski definition) is 7. The van der Waals surface area contributed by atoms with Crippen LogP contribution in [-0.4, -0.2) is 26.1 Å². The standard InChI is InChI=1S/C14H11N5OS2/c20-12(10-4-3-6-15-8-10)17-13-18-19-14(22-13)21-9-11-5-1-2-7-16-11/h1-8H,9H2,(H,17,18,20). The van der Waals surface area contributed by atoms with Crippen LogP contribution in [0.1, 0.15) is 16.1 Å². The fraction of sp³-hybridized carbons (Fsp3) is 0.0714. The molecule has 8 heteroatoms. The van der Waals surface area contributed by atoms with Gasteiger partial charge in [0, 0.05) is 24.3 Å². The number of carbonyl (C=O) groups excluding carboxylic acids is 1. The first-order valence-electron chi connectivity index (χ1n) is 6.39. The van der Waals surface area contributed by atoms with Crippen LogP contribution in [0, 0.1) is 0 Å². The zero-order chi connectivity index (χ0) is 15.2. The van der Waals surface area contributed by atoms with E-state index in [4.69, 9.17) is 0 Å². The van der Waals surface area contributed by atoms with Gasteiger partial charge in [-0.3, -0.25) is 20.1 Å². The number of hydrogen-bond donors (Lipinski definition) is 1. The van der Waals surface area contributed by atoms with E-state index in [0.29, 0.717) is 16.4 Å². The number of thioether (sulfide) groups is 1. The van der Waals surface area contributed by atoms with Gasteiger partial charge in [-0.15, -0.1) is 10.2 Å². The van der Waals surface area contributed by atoms with Gasteiger partial charge in [0.1, 0.15) is 0 Å². The van der Waals surface area contributed by atoms with Crippen LogP contribution in [0.25, 0.3) is 0 Å². The van der Waals surface area contributed by atoms with Crippen molar-refractivity contribution in [3.05, 3.63) is 60.2 Å². The van der Waals surface area contributed by atoms with Crippen LogP contribution >= 0.6 is 23.1 Å². The van der Waals surface area contributed by atoms with Crippen LogP contribution < -0.4 is 5.32 Å². The maximum Gasteiger partial charge on any atom is 0.259 e. The number of nitrogens with one attached hydrogen (secondary N) is 1. The highest BCUT2D eigenvalue weighted by atomic mass is 32.2. The van der Waals surface area contributed by atoms with Crippen molar-refractivity contribution < 1.29 is 4.79 Å². The van der Waals surface area contributed by atoms with E-state index < -0.39 is 0 Å². The number of rotatable bonds is 5. The number of nitrogens with zero attached hydrogens (tertiary/aromatic N) is 4. The van der Waals surface area contributed by atoms with E-state index in [1.54, 1.807) is 24.5 Å². The van der Waals surface area contributed by atoms with Crippen molar-refractivity contribution in [1.82, 2.24) is 20.2 Å². The molecule has 3 rings (SSSR count). The third-order valence-corrected chi connectivity index (χ3v) is 4.63. The second kappa shape index (κ2) is 7.10. The van der Waals surface area contributed by atoms with Gasteiger partial charge in [-0.05, 0) is 24.3 Å². The quantitative estimate of drug-likeness (QED) is 0.572. The highest BCUT2D eigenvalue weighted by Crippen LogP contribution is 2.27. The molecule has 0 unspecified atom stereocenters. The van der Waals surface area contributed by atoms with E-state index in [2.05, 4.69) is 25.5 Å². The van der Waals surface area contributed by atoms with Crippen molar-refractivity contribution >= 4 is 34.1 Å². The van der Waals surface area contributed by atoms with Crippen molar-refractivity contribution in [2.45, 2.75) is 10.1 Å². The largest absolute Gasteiger partial charge is 0.296 e. The molecule has 0 spiro atoms. The molecule has 0 aliphatic carbocycles. The molecule has 22 heavy (non-hydrogen) atoms. The number of aromatic nitrogens is 4. The summed E-state index contributed by atoms with van der Waals surface area (Å²) in [6, 6.07) is 9.19. The second-order valence-corrected chi connectivity index (χ2v) is 6.38. The Morgan fingerprint density at radius 1 is 1.18 bits per heavy atom. The normalized spacial score (nSPS) is 10.4. The van der Waals surface area contributed by atoms with E-state index in [1.807, 2.05) is 18.2 Å². The summed E-state index contributed by atoms with van der Waals surface area (Å²) in [5.41, 5.74) is 1.46. The Morgan fingerprint density at radius 2 is 2.14 bits per heavy atom. The zero-order valence-corrected chi connectivity index (χ0v) is 13.0. The average molecular weight is 329 g/mol. The van der Waals surface area contributed by atoms with Gasteiger partial charge >= 0.3 is 0 Å². The molecule has 3 aromatic rings. The first-order chi connectivity index (χ1) is 10.8. The van der Waals surface area contributed by atoms with Gasteiger partial charge in [-0.2, -0.15) is 0 Å². The number of pyridine rings is 2. The molecule has 0 fully saturated rings. The molecule has 0 aliphatic rings. The van der Waals surface area contributed by atoms with E-state index in [0.717, 1.165) is 10.0 Å². The average Bonchev–Trinajstić information content (AvgIpc) is 3.02. The van der Waals surface area contributed by atoms with Crippen LogP contribution in [0.5, 0.6) is 0 Å². The van der Waals surface area contributed by atoms with Gasteiger partial charge in [0.2, 0.25) is 5.13 Å². The molecule has 3 heterocycles. The number of anilines is 1. The van der Waals surface area contributed by atoms with Gasteiger partial charge in [0.05, 0.1) is 11.3 Å². The van der Waals surface area contributed by atoms with E-state index >= 15 is 0 Å². The number of amides is 1. The van der Waals surface area contributed by atoms with Gasteiger partial charge in [0.25, 0.3) is 5.91 Å². The molecule has 1 amide bonds. The summed E-state index contributed by atoms with van der Waals surface area (Å²) in [5.74, 6) is 0.469. The third kappa shape index (κ3) is 3.86. The topological polar surface area (TPSA) is 80.7 Å². The minimum Gasteiger partial charge on any atom is -0.296 e. The zero-order valence-electron chi connectivity index (χ0n) is 11.3. The van der Waals surface area contributed by atoms with Crippen molar-refractivity contribution in [3.8, 4) is 0 Å². The van der Waals surface area contributed by atoms with Crippen molar-refractivity contribution in [1.29, 1.82) is 0 Å². The summed E-state index contributed by atoms with van der Waals surface area (Å²) in [7, 11) is 0. The molecule has 6 nitrogen and oxygen atoms in total. The molecule has 0 radical (unpaired) electrons. The number of carbonyl (C=O) groups is 1. The molecule has 0 aromatic carbocycles. The highest BCUT2D eigenvalue weighted by Gasteiger charge is 2.10. The minimum absolute atomic E-state index is 0.245. The van der Waals surface area contributed by atoms with Gasteiger partial charge < -0.3 is 0 Å². The SMILES string of the molecule is O=C(Nc1nnc(SCc2ccccn2)s1)c1cccnc1. The first kappa shape index (κ1) is 14.6. The van der Waals surface area contributed by atoms with Crippen molar-refractivity contribution in [2.75, 3.05) is 5.32 Å². The molecule has 110 valence electrons. The van der Waals surface area contributed by atoms with E-state index in [9.17, 15) is 4.79 Å². The fourth-order valence-electron chi connectivity index (χ4n) is 1.60. The lowest BCUT2D eigenvalue weighted by Gasteiger charge is -1.99. The summed E-state index contributed by atoms with van der Waals surface area (Å²) < 4.78 is 0.784. The molecule has 3 aromatic heterocycles. The molecule has 0 bridgehead atoms. The molecule has 0 saturated heterocycles. The maximum absolute atomic E-state index is 12.0. The Kier molecular flexibility index (Phi) is 4.71. The maximum atomic E-state index is 12.0. The lowest BCUT2D eigenvalue weighted by molar-refractivity contribution is 0.102. The molecular formula is C14H11N5OS2. The smallest absolute Gasteiger partial charge is 0.259 e. The lowest BCUT2D eigenvalue weighted by Crippen LogP contribution is -2.11. The Bertz CT molecular complexity index is 748. The summed E-state index contributed by atoms with van der Waals surface area (Å²) in [6.07, 6.45) is 4.89. The Balaban J connectivity index is 1.58. The van der Waals surface area contributed by atoms with Crippen molar-refractivity contribution in [2.24, 2.45) is 0 Å². The predicted molar refractivity (Wildman–Crippen MR) is 85.9 cm³/mol. The van der Waals surface area contributed by atoms with E-state index in [1.165, 1.54) is 29.3 Å². The fourth-order valence-corrected chi connectivity index (χ4v) is 3.27. The van der Waals surface area contributed by atoms with Crippen LogP contribution in [0.2, 0.25) is 0 Å². The summed E-state index contributed by atoms with van der Waals surface area (Å²) in [4.78, 5) is 20.1.